The highest BCUT2D eigenvalue weighted by atomic mass is 16.4. The van der Waals surface area contributed by atoms with Gasteiger partial charge in [-0.05, 0) is 23.6 Å². The number of nitrogens with zero attached hydrogens (tertiary/aromatic N) is 1. The van der Waals surface area contributed by atoms with Crippen molar-refractivity contribution in [2.75, 3.05) is 11.4 Å². The average molecular weight is 263 g/mol. The summed E-state index contributed by atoms with van der Waals surface area (Å²) in [6.07, 6.45) is 0.468. The number of hydrogen-bond donors (Lipinski definition) is 1. The predicted molar refractivity (Wildman–Crippen MR) is 75.3 cm³/mol. The van der Waals surface area contributed by atoms with Crippen molar-refractivity contribution in [3.05, 3.63) is 29.8 Å². The van der Waals surface area contributed by atoms with Crippen LogP contribution >= 0.6 is 0 Å². The Morgan fingerprint density at radius 1 is 1.21 bits per heavy atom. The molecule has 0 radical (unpaired) electrons. The number of carbonyl (C=O) groups excluding carboxylic acids is 1. The first-order valence-corrected chi connectivity index (χ1v) is 6.55. The minimum Gasteiger partial charge on any atom is -0.481 e. The fourth-order valence-electron chi connectivity index (χ4n) is 1.88. The van der Waals surface area contributed by atoms with Gasteiger partial charge in [-0.3, -0.25) is 9.59 Å². The van der Waals surface area contributed by atoms with Gasteiger partial charge in [0.15, 0.2) is 0 Å². The van der Waals surface area contributed by atoms with E-state index in [1.165, 1.54) is 0 Å². The lowest BCUT2D eigenvalue weighted by molar-refractivity contribution is -0.136. The van der Waals surface area contributed by atoms with Crippen molar-refractivity contribution in [3.8, 4) is 0 Å². The first-order chi connectivity index (χ1) is 8.93. The van der Waals surface area contributed by atoms with Gasteiger partial charge >= 0.3 is 5.97 Å². The molecule has 19 heavy (non-hydrogen) atoms. The van der Waals surface area contributed by atoms with Crippen LogP contribution in [0.3, 0.4) is 0 Å². The standard InChI is InChI=1S/C15H21NO3/c1-4-14(17)16(10-11(2)3)13-7-5-12(6-8-13)9-15(18)19/h5-8,11H,4,9-10H2,1-3H3,(H,18,19). The lowest BCUT2D eigenvalue weighted by Crippen LogP contribution is -2.33. The van der Waals surface area contributed by atoms with E-state index in [1.54, 1.807) is 17.0 Å². The van der Waals surface area contributed by atoms with E-state index in [9.17, 15) is 9.59 Å². The van der Waals surface area contributed by atoms with Crippen LogP contribution in [0.5, 0.6) is 0 Å². The summed E-state index contributed by atoms with van der Waals surface area (Å²) in [6.45, 7) is 6.64. The molecule has 0 saturated heterocycles. The number of carbonyl (C=O) groups is 2. The minimum atomic E-state index is -0.851. The second-order valence-electron chi connectivity index (χ2n) is 4.99. The zero-order valence-corrected chi connectivity index (χ0v) is 11.7. The lowest BCUT2D eigenvalue weighted by Gasteiger charge is -2.24. The Bertz CT molecular complexity index is 437. The van der Waals surface area contributed by atoms with Gasteiger partial charge in [0.25, 0.3) is 0 Å². The van der Waals surface area contributed by atoms with Crippen molar-refractivity contribution in [1.82, 2.24) is 0 Å². The SMILES string of the molecule is CCC(=O)N(CC(C)C)c1ccc(CC(=O)O)cc1. The van der Waals surface area contributed by atoms with Gasteiger partial charge in [-0.2, -0.15) is 0 Å². The molecular weight excluding hydrogens is 242 g/mol. The van der Waals surface area contributed by atoms with E-state index in [0.29, 0.717) is 18.9 Å². The monoisotopic (exact) mass is 263 g/mol. The van der Waals surface area contributed by atoms with E-state index in [-0.39, 0.29) is 12.3 Å². The van der Waals surface area contributed by atoms with Gasteiger partial charge < -0.3 is 10.0 Å². The van der Waals surface area contributed by atoms with Crippen LogP contribution in [0.15, 0.2) is 24.3 Å². The summed E-state index contributed by atoms with van der Waals surface area (Å²) >= 11 is 0. The van der Waals surface area contributed by atoms with Gasteiger partial charge in [0.2, 0.25) is 5.91 Å². The smallest absolute Gasteiger partial charge is 0.307 e. The molecule has 4 heteroatoms. The third kappa shape index (κ3) is 4.73. The van der Waals surface area contributed by atoms with Gasteiger partial charge in [0.05, 0.1) is 6.42 Å². The van der Waals surface area contributed by atoms with Crippen LogP contribution in [0, 0.1) is 5.92 Å². The highest BCUT2D eigenvalue weighted by Crippen LogP contribution is 2.18. The summed E-state index contributed by atoms with van der Waals surface area (Å²) < 4.78 is 0. The Morgan fingerprint density at radius 2 is 1.79 bits per heavy atom. The van der Waals surface area contributed by atoms with Gasteiger partial charge in [-0.1, -0.05) is 32.9 Å². The molecule has 0 bridgehead atoms. The summed E-state index contributed by atoms with van der Waals surface area (Å²) in [5, 5.41) is 8.73. The Labute approximate surface area is 114 Å². The molecule has 0 aliphatic rings. The van der Waals surface area contributed by atoms with Crippen molar-refractivity contribution >= 4 is 17.6 Å². The number of rotatable bonds is 6. The normalized spacial score (nSPS) is 10.5. The maximum absolute atomic E-state index is 11.9. The second kappa shape index (κ2) is 6.92. The number of benzene rings is 1. The van der Waals surface area contributed by atoms with Crippen LogP contribution in [-0.4, -0.2) is 23.5 Å². The Hall–Kier alpha value is -1.84. The third-order valence-electron chi connectivity index (χ3n) is 2.75. The molecule has 1 N–H and O–H groups in total. The number of hydrogen-bond acceptors (Lipinski definition) is 2. The Morgan fingerprint density at radius 3 is 2.21 bits per heavy atom. The number of aliphatic carboxylic acids is 1. The molecule has 0 fully saturated rings. The van der Waals surface area contributed by atoms with Crippen LogP contribution in [0.1, 0.15) is 32.8 Å². The molecule has 0 atom stereocenters. The van der Waals surface area contributed by atoms with Gasteiger partial charge in [-0.15, -0.1) is 0 Å². The van der Waals surface area contributed by atoms with E-state index < -0.39 is 5.97 Å². The number of amides is 1. The molecule has 1 aromatic carbocycles. The second-order valence-corrected chi connectivity index (χ2v) is 4.99. The first-order valence-electron chi connectivity index (χ1n) is 6.55. The van der Waals surface area contributed by atoms with Crippen LogP contribution in [0.25, 0.3) is 0 Å². The van der Waals surface area contributed by atoms with E-state index in [4.69, 9.17) is 5.11 Å². The average Bonchev–Trinajstić information content (AvgIpc) is 2.35. The van der Waals surface area contributed by atoms with Crippen LogP contribution < -0.4 is 4.90 Å². The molecule has 1 amide bonds. The topological polar surface area (TPSA) is 57.6 Å². The fourth-order valence-corrected chi connectivity index (χ4v) is 1.88. The largest absolute Gasteiger partial charge is 0.481 e. The molecule has 1 aromatic rings. The molecule has 1 rings (SSSR count). The van der Waals surface area contributed by atoms with Gasteiger partial charge in [-0.25, -0.2) is 0 Å². The van der Waals surface area contributed by atoms with Crippen molar-refractivity contribution in [2.24, 2.45) is 5.92 Å². The van der Waals surface area contributed by atoms with E-state index in [1.807, 2.05) is 19.1 Å². The van der Waals surface area contributed by atoms with Gasteiger partial charge in [0.1, 0.15) is 0 Å². The Kier molecular flexibility index (Phi) is 5.55. The summed E-state index contributed by atoms with van der Waals surface area (Å²) in [5.41, 5.74) is 1.57. The van der Waals surface area contributed by atoms with Crippen molar-refractivity contribution in [2.45, 2.75) is 33.6 Å². The molecule has 4 nitrogen and oxygen atoms in total. The highest BCUT2D eigenvalue weighted by molar-refractivity contribution is 5.93. The van der Waals surface area contributed by atoms with Crippen LogP contribution in [0.4, 0.5) is 5.69 Å². The van der Waals surface area contributed by atoms with E-state index >= 15 is 0 Å². The van der Waals surface area contributed by atoms with Crippen molar-refractivity contribution in [1.29, 1.82) is 0 Å². The Balaban J connectivity index is 2.90. The summed E-state index contributed by atoms with van der Waals surface area (Å²) in [4.78, 5) is 24.3. The van der Waals surface area contributed by atoms with E-state index in [2.05, 4.69) is 13.8 Å². The maximum atomic E-state index is 11.9. The molecule has 0 saturated carbocycles. The first kappa shape index (κ1) is 15.2. The summed E-state index contributed by atoms with van der Waals surface area (Å²) in [5.74, 6) is -0.384. The molecule has 0 aliphatic heterocycles. The van der Waals surface area contributed by atoms with Crippen molar-refractivity contribution in [3.63, 3.8) is 0 Å². The number of carboxylic acids is 1. The fraction of sp³-hybridized carbons (Fsp3) is 0.467. The zero-order chi connectivity index (χ0) is 14.4. The van der Waals surface area contributed by atoms with Crippen LogP contribution in [-0.2, 0) is 16.0 Å². The summed E-state index contributed by atoms with van der Waals surface area (Å²) in [7, 11) is 0. The predicted octanol–water partition coefficient (Wildman–Crippen LogP) is 2.71. The molecular formula is C15H21NO3. The van der Waals surface area contributed by atoms with Crippen LogP contribution in [0.2, 0.25) is 0 Å². The molecule has 0 spiro atoms. The highest BCUT2D eigenvalue weighted by Gasteiger charge is 2.15. The summed E-state index contributed by atoms with van der Waals surface area (Å²) in [6, 6.07) is 7.15. The molecule has 104 valence electrons. The third-order valence-corrected chi connectivity index (χ3v) is 2.75. The zero-order valence-electron chi connectivity index (χ0n) is 11.7. The van der Waals surface area contributed by atoms with Gasteiger partial charge in [0, 0.05) is 18.7 Å². The minimum absolute atomic E-state index is 0.00614. The molecule has 0 aromatic heterocycles. The maximum Gasteiger partial charge on any atom is 0.307 e. The lowest BCUT2D eigenvalue weighted by atomic mass is 10.1. The number of anilines is 1. The quantitative estimate of drug-likeness (QED) is 0.858. The van der Waals surface area contributed by atoms with Crippen molar-refractivity contribution < 1.29 is 14.7 Å². The molecule has 0 aliphatic carbocycles. The number of carboxylic acid groups (broad SMARTS) is 1. The van der Waals surface area contributed by atoms with E-state index in [0.717, 1.165) is 11.3 Å². The molecule has 0 unspecified atom stereocenters. The molecule has 0 heterocycles.